The topological polar surface area (TPSA) is 32.7 Å². The molecule has 0 amide bonds. The van der Waals surface area contributed by atoms with E-state index >= 15 is 0 Å². The van der Waals surface area contributed by atoms with Crippen LogP contribution in [0.4, 0.5) is 0 Å². The third kappa shape index (κ3) is 1.79. The number of aliphatic hydroxyl groups excluding tert-OH is 1. The number of ether oxygens (including phenoxy) is 1. The molecule has 3 heteroatoms. The minimum Gasteiger partial charge on any atom is -0.394 e. The highest BCUT2D eigenvalue weighted by Crippen LogP contribution is 2.44. The Labute approximate surface area is 97.8 Å². The minimum absolute atomic E-state index is 0.108. The van der Waals surface area contributed by atoms with Gasteiger partial charge in [-0.15, -0.1) is 0 Å². The van der Waals surface area contributed by atoms with Crippen LogP contribution in [-0.4, -0.2) is 47.4 Å². The zero-order valence-electron chi connectivity index (χ0n) is 10.2. The van der Waals surface area contributed by atoms with E-state index in [1.807, 2.05) is 0 Å². The molecule has 3 rings (SSSR count). The minimum atomic E-state index is 0.108. The predicted octanol–water partition coefficient (Wildman–Crippen LogP) is 1.40. The standard InChI is InChI=1S/C13H23NO2/c1-10-6-13(9-15)5-4-11(14(13)7-10)8-16-12-2-3-12/h10-12,15H,2-9H2,1H3/t10?,11-,13-/m0/s1. The van der Waals surface area contributed by atoms with Crippen LogP contribution in [0.3, 0.4) is 0 Å². The van der Waals surface area contributed by atoms with E-state index in [0.29, 0.717) is 18.8 Å². The van der Waals surface area contributed by atoms with Crippen LogP contribution in [0.1, 0.15) is 39.0 Å². The highest BCUT2D eigenvalue weighted by atomic mass is 16.5. The Balaban J connectivity index is 1.63. The molecule has 0 aromatic carbocycles. The number of rotatable bonds is 4. The Kier molecular flexibility index (Phi) is 2.73. The monoisotopic (exact) mass is 225 g/mol. The maximum absolute atomic E-state index is 9.67. The molecule has 2 saturated heterocycles. The lowest BCUT2D eigenvalue weighted by atomic mass is 9.91. The summed E-state index contributed by atoms with van der Waals surface area (Å²) in [6.45, 7) is 4.67. The molecule has 2 aliphatic heterocycles. The van der Waals surface area contributed by atoms with Crippen LogP contribution in [0.5, 0.6) is 0 Å². The van der Waals surface area contributed by atoms with Crippen molar-refractivity contribution in [2.24, 2.45) is 5.92 Å². The summed E-state index contributed by atoms with van der Waals surface area (Å²) in [7, 11) is 0. The van der Waals surface area contributed by atoms with E-state index in [9.17, 15) is 5.11 Å². The predicted molar refractivity (Wildman–Crippen MR) is 62.3 cm³/mol. The molecule has 92 valence electrons. The van der Waals surface area contributed by atoms with Gasteiger partial charge in [0.2, 0.25) is 0 Å². The molecule has 0 aromatic heterocycles. The Morgan fingerprint density at radius 3 is 2.88 bits per heavy atom. The van der Waals surface area contributed by atoms with Crippen molar-refractivity contribution in [3.63, 3.8) is 0 Å². The summed E-state index contributed by atoms with van der Waals surface area (Å²) < 4.78 is 5.85. The lowest BCUT2D eigenvalue weighted by molar-refractivity contribution is 0.0274. The van der Waals surface area contributed by atoms with Crippen LogP contribution in [0.25, 0.3) is 0 Å². The van der Waals surface area contributed by atoms with Crippen molar-refractivity contribution in [3.05, 3.63) is 0 Å². The van der Waals surface area contributed by atoms with Crippen molar-refractivity contribution < 1.29 is 9.84 Å². The fraction of sp³-hybridized carbons (Fsp3) is 1.00. The Hall–Kier alpha value is -0.120. The van der Waals surface area contributed by atoms with Gasteiger partial charge >= 0.3 is 0 Å². The van der Waals surface area contributed by atoms with Crippen molar-refractivity contribution in [1.82, 2.24) is 4.90 Å². The number of fused-ring (bicyclic) bond motifs is 1. The van der Waals surface area contributed by atoms with Crippen LogP contribution in [-0.2, 0) is 4.74 Å². The van der Waals surface area contributed by atoms with Gasteiger partial charge in [0.15, 0.2) is 0 Å². The number of hydrogen-bond acceptors (Lipinski definition) is 3. The van der Waals surface area contributed by atoms with E-state index in [0.717, 1.165) is 25.5 Å². The van der Waals surface area contributed by atoms with Crippen molar-refractivity contribution in [1.29, 1.82) is 0 Å². The van der Waals surface area contributed by atoms with Gasteiger partial charge in [-0.3, -0.25) is 4.90 Å². The first-order valence-corrected chi connectivity index (χ1v) is 6.73. The summed E-state index contributed by atoms with van der Waals surface area (Å²) in [5, 5.41) is 9.67. The second kappa shape index (κ2) is 3.97. The molecule has 3 nitrogen and oxygen atoms in total. The summed E-state index contributed by atoms with van der Waals surface area (Å²) >= 11 is 0. The van der Waals surface area contributed by atoms with E-state index in [-0.39, 0.29) is 5.54 Å². The van der Waals surface area contributed by atoms with Gasteiger partial charge in [0, 0.05) is 18.1 Å². The zero-order chi connectivity index (χ0) is 11.2. The molecule has 2 heterocycles. The van der Waals surface area contributed by atoms with Crippen LogP contribution >= 0.6 is 0 Å². The molecule has 3 atom stereocenters. The van der Waals surface area contributed by atoms with Gasteiger partial charge in [-0.1, -0.05) is 6.92 Å². The first-order chi connectivity index (χ1) is 7.73. The van der Waals surface area contributed by atoms with Crippen LogP contribution in [0.2, 0.25) is 0 Å². The SMILES string of the molecule is CC1CN2[C@H](COC3CC3)CC[C@@]2(CO)C1. The van der Waals surface area contributed by atoms with Crippen LogP contribution < -0.4 is 0 Å². The summed E-state index contributed by atoms with van der Waals surface area (Å²) in [4.78, 5) is 2.54. The summed E-state index contributed by atoms with van der Waals surface area (Å²) in [6, 6.07) is 0.567. The first kappa shape index (κ1) is 11.0. The summed E-state index contributed by atoms with van der Waals surface area (Å²) in [5.74, 6) is 0.732. The fourth-order valence-corrected chi connectivity index (χ4v) is 3.62. The van der Waals surface area contributed by atoms with Crippen molar-refractivity contribution >= 4 is 0 Å². The molecule has 1 unspecified atom stereocenters. The van der Waals surface area contributed by atoms with E-state index in [2.05, 4.69) is 11.8 Å². The molecule has 16 heavy (non-hydrogen) atoms. The molecular formula is C13H23NO2. The van der Waals surface area contributed by atoms with Crippen LogP contribution in [0, 0.1) is 5.92 Å². The molecule has 1 N–H and O–H groups in total. The van der Waals surface area contributed by atoms with Gasteiger partial charge in [0.1, 0.15) is 0 Å². The van der Waals surface area contributed by atoms with Crippen molar-refractivity contribution in [2.75, 3.05) is 19.8 Å². The molecule has 3 fully saturated rings. The maximum atomic E-state index is 9.67. The van der Waals surface area contributed by atoms with Crippen molar-refractivity contribution in [3.8, 4) is 0 Å². The molecule has 3 aliphatic rings. The van der Waals surface area contributed by atoms with Crippen LogP contribution in [0.15, 0.2) is 0 Å². The Morgan fingerprint density at radius 2 is 2.19 bits per heavy atom. The highest BCUT2D eigenvalue weighted by molar-refractivity contribution is 5.06. The van der Waals surface area contributed by atoms with Gasteiger partial charge in [-0.25, -0.2) is 0 Å². The van der Waals surface area contributed by atoms with Gasteiger partial charge < -0.3 is 9.84 Å². The van der Waals surface area contributed by atoms with E-state index < -0.39 is 0 Å². The number of nitrogens with zero attached hydrogens (tertiary/aromatic N) is 1. The first-order valence-electron chi connectivity index (χ1n) is 6.73. The van der Waals surface area contributed by atoms with Crippen molar-refractivity contribution in [2.45, 2.75) is 56.7 Å². The van der Waals surface area contributed by atoms with E-state index in [4.69, 9.17) is 4.74 Å². The van der Waals surface area contributed by atoms with E-state index in [1.165, 1.54) is 25.7 Å². The average Bonchev–Trinajstić information content (AvgIpc) is 2.95. The van der Waals surface area contributed by atoms with E-state index in [1.54, 1.807) is 0 Å². The lowest BCUT2D eigenvalue weighted by Crippen LogP contribution is -2.46. The molecule has 1 saturated carbocycles. The molecule has 0 radical (unpaired) electrons. The molecule has 0 bridgehead atoms. The van der Waals surface area contributed by atoms with Gasteiger partial charge in [-0.2, -0.15) is 0 Å². The summed E-state index contributed by atoms with van der Waals surface area (Å²) in [6.07, 6.45) is 6.61. The quantitative estimate of drug-likeness (QED) is 0.785. The Morgan fingerprint density at radius 1 is 1.38 bits per heavy atom. The smallest absolute Gasteiger partial charge is 0.0625 e. The number of aliphatic hydroxyl groups is 1. The molecule has 1 aliphatic carbocycles. The normalized spacial score (nSPS) is 43.9. The average molecular weight is 225 g/mol. The zero-order valence-corrected chi connectivity index (χ0v) is 10.2. The lowest BCUT2D eigenvalue weighted by Gasteiger charge is -2.33. The highest BCUT2D eigenvalue weighted by Gasteiger charge is 2.51. The van der Waals surface area contributed by atoms with Gasteiger partial charge in [0.25, 0.3) is 0 Å². The third-order valence-corrected chi connectivity index (χ3v) is 4.57. The third-order valence-electron chi connectivity index (χ3n) is 4.57. The van der Waals surface area contributed by atoms with Gasteiger partial charge in [-0.05, 0) is 38.0 Å². The summed E-state index contributed by atoms with van der Waals surface area (Å²) in [5.41, 5.74) is 0.108. The largest absolute Gasteiger partial charge is 0.394 e. The molecular weight excluding hydrogens is 202 g/mol. The second-order valence-corrected chi connectivity index (χ2v) is 6.07. The maximum Gasteiger partial charge on any atom is 0.0625 e. The second-order valence-electron chi connectivity index (χ2n) is 6.07. The number of hydrogen-bond donors (Lipinski definition) is 1. The molecule has 0 aromatic rings. The Bertz CT molecular complexity index is 267. The van der Waals surface area contributed by atoms with Gasteiger partial charge in [0.05, 0.1) is 19.3 Å². The molecule has 0 spiro atoms. The fourth-order valence-electron chi connectivity index (χ4n) is 3.62.